The van der Waals surface area contributed by atoms with Crippen LogP contribution in [0.4, 0.5) is 5.69 Å². The number of imide groups is 1. The van der Waals surface area contributed by atoms with Gasteiger partial charge in [0.15, 0.2) is 0 Å². The molecule has 0 bridgehead atoms. The van der Waals surface area contributed by atoms with Crippen molar-refractivity contribution in [3.05, 3.63) is 24.3 Å². The molecule has 0 aromatic heterocycles. The molecule has 0 radical (unpaired) electrons. The maximum atomic E-state index is 11.9. The number of hydrogen-bond donors (Lipinski definition) is 2. The molecule has 1 aromatic carbocycles. The molecule has 2 rings (SSSR count). The number of nitrogens with zero attached hydrogens (tertiary/aromatic N) is 2. The van der Waals surface area contributed by atoms with Gasteiger partial charge in [-0.1, -0.05) is 13.8 Å². The van der Waals surface area contributed by atoms with Crippen LogP contribution in [0, 0.1) is 0 Å². The molecule has 1 saturated heterocycles. The summed E-state index contributed by atoms with van der Waals surface area (Å²) in [5.41, 5.74) is 0.904. The third kappa shape index (κ3) is 8.49. The first-order chi connectivity index (χ1) is 14.5. The second kappa shape index (κ2) is 11.0. The summed E-state index contributed by atoms with van der Waals surface area (Å²) in [6, 6.07) is 7.32. The highest BCUT2D eigenvalue weighted by atomic mass is 32.1. The van der Waals surface area contributed by atoms with E-state index >= 15 is 0 Å². The molecular weight excluding hydrogens is 422 g/mol. The maximum Gasteiger partial charge on any atom is 0.333 e. The highest BCUT2D eigenvalue weighted by Gasteiger charge is 2.32. The molecule has 9 nitrogen and oxygen atoms in total. The van der Waals surface area contributed by atoms with E-state index in [-0.39, 0.29) is 36.5 Å². The van der Waals surface area contributed by atoms with E-state index in [1.807, 2.05) is 37.9 Å². The number of hydroxylamine groups is 2. The number of benzene rings is 1. The van der Waals surface area contributed by atoms with Crippen molar-refractivity contribution in [1.82, 2.24) is 10.4 Å². The lowest BCUT2D eigenvalue weighted by molar-refractivity contribution is -0.197. The summed E-state index contributed by atoms with van der Waals surface area (Å²) in [5.74, 6) is -1.07. The number of nitrogens with one attached hydrogen (secondary N) is 1. The molecule has 170 valence electrons. The average molecular weight is 452 g/mol. The van der Waals surface area contributed by atoms with Crippen LogP contribution in [0.15, 0.2) is 24.3 Å². The molecule has 31 heavy (non-hydrogen) atoms. The van der Waals surface area contributed by atoms with Gasteiger partial charge < -0.3 is 19.8 Å². The minimum absolute atomic E-state index is 0.0284. The van der Waals surface area contributed by atoms with E-state index in [4.69, 9.17) is 9.57 Å². The Bertz CT molecular complexity index is 790. The smallest absolute Gasteiger partial charge is 0.333 e. The molecule has 0 unspecified atom stereocenters. The fourth-order valence-electron chi connectivity index (χ4n) is 2.76. The molecule has 0 atom stereocenters. The summed E-state index contributed by atoms with van der Waals surface area (Å²) < 4.78 is 5.24. The summed E-state index contributed by atoms with van der Waals surface area (Å²) in [6.45, 7) is 4.42. The Hall–Kier alpha value is -2.75. The first-order valence-electron chi connectivity index (χ1n) is 10.0. The normalized spacial score (nSPS) is 13.9. The number of carbonyl (C=O) groups excluding carboxylic acids is 4. The lowest BCUT2D eigenvalue weighted by Gasteiger charge is -2.22. The van der Waals surface area contributed by atoms with Gasteiger partial charge in [-0.25, -0.2) is 4.79 Å². The van der Waals surface area contributed by atoms with E-state index in [9.17, 15) is 19.2 Å². The summed E-state index contributed by atoms with van der Waals surface area (Å²) in [5, 5.41) is 3.40. The number of rotatable bonds is 11. The van der Waals surface area contributed by atoms with Gasteiger partial charge in [0, 0.05) is 36.7 Å². The van der Waals surface area contributed by atoms with Crippen molar-refractivity contribution in [1.29, 1.82) is 0 Å². The quantitative estimate of drug-likeness (QED) is 0.230. The number of ether oxygens (including phenoxy) is 1. The van der Waals surface area contributed by atoms with Gasteiger partial charge in [0.25, 0.3) is 11.8 Å². The van der Waals surface area contributed by atoms with Gasteiger partial charge in [-0.15, -0.1) is 5.06 Å². The molecule has 3 amide bonds. The van der Waals surface area contributed by atoms with Gasteiger partial charge in [-0.3, -0.25) is 14.4 Å². The third-order valence-corrected chi connectivity index (χ3v) is 4.54. The molecule has 1 heterocycles. The minimum Gasteiger partial charge on any atom is -0.494 e. The molecule has 1 aliphatic rings. The Morgan fingerprint density at radius 2 is 1.77 bits per heavy atom. The van der Waals surface area contributed by atoms with Gasteiger partial charge in [0.2, 0.25) is 5.91 Å². The Balaban J connectivity index is 1.67. The zero-order valence-corrected chi connectivity index (χ0v) is 18.9. The number of amides is 3. The van der Waals surface area contributed by atoms with Crippen LogP contribution in [0.3, 0.4) is 0 Å². The van der Waals surface area contributed by atoms with E-state index in [0.717, 1.165) is 5.69 Å². The van der Waals surface area contributed by atoms with Crippen LogP contribution in [0.5, 0.6) is 5.75 Å². The zero-order valence-electron chi connectivity index (χ0n) is 18.1. The van der Waals surface area contributed by atoms with Crippen LogP contribution in [0.1, 0.15) is 46.0 Å². The van der Waals surface area contributed by atoms with Crippen molar-refractivity contribution in [2.45, 2.75) is 50.7 Å². The van der Waals surface area contributed by atoms with Crippen molar-refractivity contribution in [3.63, 3.8) is 0 Å². The van der Waals surface area contributed by atoms with Gasteiger partial charge in [-0.05, 0) is 30.7 Å². The zero-order chi connectivity index (χ0) is 23.0. The van der Waals surface area contributed by atoms with E-state index in [1.54, 1.807) is 12.1 Å². The van der Waals surface area contributed by atoms with Crippen molar-refractivity contribution in [2.24, 2.45) is 0 Å². The first-order valence-corrected chi connectivity index (χ1v) is 10.5. The van der Waals surface area contributed by atoms with E-state index < -0.39 is 17.8 Å². The summed E-state index contributed by atoms with van der Waals surface area (Å²) >= 11 is 4.36. The number of anilines is 1. The topological polar surface area (TPSA) is 105 Å². The molecule has 1 aliphatic heterocycles. The highest BCUT2D eigenvalue weighted by molar-refractivity contribution is 7.81. The first kappa shape index (κ1) is 24.5. The second-order valence-electron chi connectivity index (χ2n) is 7.94. The lowest BCUT2D eigenvalue weighted by Crippen LogP contribution is -2.37. The monoisotopic (exact) mass is 451 g/mol. The Labute approximate surface area is 187 Å². The molecule has 1 fully saturated rings. The number of hydrogen-bond acceptors (Lipinski definition) is 8. The predicted molar refractivity (Wildman–Crippen MR) is 117 cm³/mol. The Morgan fingerprint density at radius 3 is 2.35 bits per heavy atom. The maximum absolute atomic E-state index is 11.9. The van der Waals surface area contributed by atoms with Gasteiger partial charge in [-0.2, -0.15) is 12.6 Å². The summed E-state index contributed by atoms with van der Waals surface area (Å²) in [4.78, 5) is 53.2. The fourth-order valence-corrected chi connectivity index (χ4v) is 2.91. The SMILES string of the molecule is CN(CNC(=O)CC(C)(C)S)c1ccc(OCCCC(=O)ON2C(=O)CCC2=O)cc1. The van der Waals surface area contributed by atoms with Crippen LogP contribution in [0.2, 0.25) is 0 Å². The Kier molecular flexibility index (Phi) is 8.73. The minimum atomic E-state index is -0.646. The van der Waals surface area contributed by atoms with Crippen LogP contribution >= 0.6 is 12.6 Å². The van der Waals surface area contributed by atoms with E-state index in [1.165, 1.54) is 0 Å². The largest absolute Gasteiger partial charge is 0.494 e. The van der Waals surface area contributed by atoms with Crippen LogP contribution < -0.4 is 15.0 Å². The molecule has 1 aromatic rings. The van der Waals surface area contributed by atoms with Crippen molar-refractivity contribution in [3.8, 4) is 5.75 Å². The van der Waals surface area contributed by atoms with E-state index in [2.05, 4.69) is 17.9 Å². The fraction of sp³-hybridized carbons (Fsp3) is 0.524. The molecule has 0 saturated carbocycles. The van der Waals surface area contributed by atoms with Gasteiger partial charge in [0.1, 0.15) is 5.75 Å². The second-order valence-corrected chi connectivity index (χ2v) is 9.15. The van der Waals surface area contributed by atoms with Crippen molar-refractivity contribution < 1.29 is 28.8 Å². The van der Waals surface area contributed by atoms with Crippen molar-refractivity contribution in [2.75, 3.05) is 25.2 Å². The van der Waals surface area contributed by atoms with Crippen LogP contribution in [-0.2, 0) is 24.0 Å². The number of carbonyl (C=O) groups is 4. The van der Waals surface area contributed by atoms with Gasteiger partial charge >= 0.3 is 5.97 Å². The Morgan fingerprint density at radius 1 is 1.16 bits per heavy atom. The third-order valence-electron chi connectivity index (χ3n) is 4.38. The molecule has 1 N–H and O–H groups in total. The molecule has 0 aliphatic carbocycles. The standard InChI is InChI=1S/C21H29N3O6S/c1-21(2,31)13-17(25)22-14-23(3)15-6-8-16(9-7-15)29-12-4-5-20(28)30-24-18(26)10-11-19(24)27/h6-9,31H,4-5,10-14H2,1-3H3,(H,22,25). The molecule has 0 spiro atoms. The van der Waals surface area contributed by atoms with Crippen molar-refractivity contribution >= 4 is 42.0 Å². The lowest BCUT2D eigenvalue weighted by atomic mass is 10.1. The van der Waals surface area contributed by atoms with Crippen LogP contribution in [0.25, 0.3) is 0 Å². The van der Waals surface area contributed by atoms with Crippen LogP contribution in [-0.4, -0.2) is 53.8 Å². The predicted octanol–water partition coefficient (Wildman–Crippen LogP) is 2.06. The summed E-state index contributed by atoms with van der Waals surface area (Å²) in [7, 11) is 1.86. The molecule has 10 heteroatoms. The highest BCUT2D eigenvalue weighted by Crippen LogP contribution is 2.19. The summed E-state index contributed by atoms with van der Waals surface area (Å²) in [6.07, 6.45) is 0.876. The average Bonchev–Trinajstić information content (AvgIpc) is 3.00. The molecular formula is C21H29N3O6S. The van der Waals surface area contributed by atoms with E-state index in [0.29, 0.717) is 30.3 Å². The van der Waals surface area contributed by atoms with Gasteiger partial charge in [0.05, 0.1) is 19.7 Å². The number of thiol groups is 1.